The number of halogens is 1. The van der Waals surface area contributed by atoms with Gasteiger partial charge in [0.2, 0.25) is 5.91 Å². The van der Waals surface area contributed by atoms with Crippen molar-refractivity contribution >= 4 is 51.9 Å². The van der Waals surface area contributed by atoms with Gasteiger partial charge >= 0.3 is 0 Å². The molecule has 0 fully saturated rings. The number of ether oxygens (including phenoxy) is 1. The molecule has 3 aromatic rings. The molecular formula is C27H34IN5O3S. The molecule has 2 N–H and O–H groups in total. The number of carbonyl (C=O) groups is 2. The molecule has 0 radical (unpaired) electrons. The lowest BCUT2D eigenvalue weighted by Gasteiger charge is -2.15. The van der Waals surface area contributed by atoms with E-state index in [4.69, 9.17) is 4.74 Å². The van der Waals surface area contributed by atoms with Crippen molar-refractivity contribution in [1.82, 2.24) is 20.1 Å². The molecule has 0 aliphatic carbocycles. The van der Waals surface area contributed by atoms with Crippen LogP contribution in [0, 0.1) is 24.3 Å². The van der Waals surface area contributed by atoms with E-state index < -0.39 is 0 Å². The van der Waals surface area contributed by atoms with E-state index >= 15 is 0 Å². The third-order valence-electron chi connectivity index (χ3n) is 5.80. The third kappa shape index (κ3) is 7.94. The number of nitrogens with zero attached hydrogens (tertiary/aromatic N) is 3. The SMILES string of the molecule is CCn1c(CNC(=O)COc2cc(C)ccc2C(C)C)nnc1SCC(=O)Nc1c(C)cc(I)cc1C. The van der Waals surface area contributed by atoms with E-state index in [0.29, 0.717) is 23.4 Å². The van der Waals surface area contributed by atoms with Crippen LogP contribution in [0.1, 0.15) is 54.8 Å². The molecule has 0 aliphatic rings. The van der Waals surface area contributed by atoms with Crippen LogP contribution in [0.3, 0.4) is 0 Å². The zero-order chi connectivity index (χ0) is 27.1. The fourth-order valence-electron chi connectivity index (χ4n) is 3.90. The number of hydrogen-bond acceptors (Lipinski definition) is 6. The lowest BCUT2D eigenvalue weighted by Crippen LogP contribution is -2.29. The number of thioether (sulfide) groups is 1. The first kappa shape index (κ1) is 29.0. The first-order valence-corrected chi connectivity index (χ1v) is 14.3. The molecule has 0 saturated heterocycles. The number of nitrogens with one attached hydrogen (secondary N) is 2. The smallest absolute Gasteiger partial charge is 0.258 e. The van der Waals surface area contributed by atoms with Crippen molar-refractivity contribution in [2.45, 2.75) is 65.7 Å². The Labute approximate surface area is 236 Å². The highest BCUT2D eigenvalue weighted by atomic mass is 127. The van der Waals surface area contributed by atoms with Crippen LogP contribution in [-0.2, 0) is 22.7 Å². The van der Waals surface area contributed by atoms with Crippen molar-refractivity contribution in [1.29, 1.82) is 0 Å². The van der Waals surface area contributed by atoms with Crippen LogP contribution in [0.15, 0.2) is 35.5 Å². The molecule has 0 unspecified atom stereocenters. The Kier molecular flexibility index (Phi) is 10.4. The number of rotatable bonds is 11. The average Bonchev–Trinajstić information content (AvgIpc) is 3.23. The van der Waals surface area contributed by atoms with E-state index in [2.05, 4.69) is 57.3 Å². The van der Waals surface area contributed by atoms with Crippen molar-refractivity contribution in [3.05, 3.63) is 62.0 Å². The minimum absolute atomic E-state index is 0.0808. The van der Waals surface area contributed by atoms with Crippen LogP contribution in [0.25, 0.3) is 0 Å². The molecule has 0 atom stereocenters. The summed E-state index contributed by atoms with van der Waals surface area (Å²) in [6, 6.07) is 10.1. The summed E-state index contributed by atoms with van der Waals surface area (Å²) in [6.07, 6.45) is 0. The maximum absolute atomic E-state index is 12.6. The van der Waals surface area contributed by atoms with Gasteiger partial charge in [-0.2, -0.15) is 0 Å². The zero-order valence-corrected chi connectivity index (χ0v) is 25.1. The fraction of sp³-hybridized carbons (Fsp3) is 0.407. The molecule has 2 amide bonds. The molecule has 10 heteroatoms. The molecule has 0 bridgehead atoms. The molecule has 8 nitrogen and oxygen atoms in total. The fourth-order valence-corrected chi connectivity index (χ4v) is 5.66. The van der Waals surface area contributed by atoms with Crippen molar-refractivity contribution in [2.75, 3.05) is 17.7 Å². The summed E-state index contributed by atoms with van der Waals surface area (Å²) in [7, 11) is 0. The minimum atomic E-state index is -0.237. The van der Waals surface area contributed by atoms with E-state index in [1.807, 2.05) is 62.6 Å². The van der Waals surface area contributed by atoms with E-state index in [0.717, 1.165) is 37.3 Å². The Hall–Kier alpha value is -2.60. The van der Waals surface area contributed by atoms with E-state index in [1.54, 1.807) is 0 Å². The van der Waals surface area contributed by atoms with Gasteiger partial charge in [0.25, 0.3) is 5.91 Å². The molecule has 37 heavy (non-hydrogen) atoms. The predicted octanol–water partition coefficient (Wildman–Crippen LogP) is 5.38. The van der Waals surface area contributed by atoms with Crippen molar-refractivity contribution in [3.63, 3.8) is 0 Å². The average molecular weight is 636 g/mol. The normalized spacial score (nSPS) is 11.0. The second-order valence-electron chi connectivity index (χ2n) is 9.16. The number of aryl methyl sites for hydroxylation is 3. The van der Waals surface area contributed by atoms with Gasteiger partial charge < -0.3 is 19.9 Å². The van der Waals surface area contributed by atoms with Gasteiger partial charge in [0, 0.05) is 15.8 Å². The number of benzene rings is 2. The topological polar surface area (TPSA) is 98.1 Å². The van der Waals surface area contributed by atoms with E-state index in [1.165, 1.54) is 11.8 Å². The largest absolute Gasteiger partial charge is 0.483 e. The summed E-state index contributed by atoms with van der Waals surface area (Å²) in [5.41, 5.74) is 5.06. The number of amides is 2. The first-order valence-electron chi connectivity index (χ1n) is 12.2. The zero-order valence-electron chi connectivity index (χ0n) is 22.1. The lowest BCUT2D eigenvalue weighted by molar-refractivity contribution is -0.123. The van der Waals surface area contributed by atoms with Gasteiger partial charge in [-0.1, -0.05) is 37.7 Å². The third-order valence-corrected chi connectivity index (χ3v) is 7.39. The van der Waals surface area contributed by atoms with Gasteiger partial charge in [-0.25, -0.2) is 0 Å². The van der Waals surface area contributed by atoms with Gasteiger partial charge in [0.05, 0.1) is 12.3 Å². The predicted molar refractivity (Wildman–Crippen MR) is 156 cm³/mol. The quantitative estimate of drug-likeness (QED) is 0.217. The van der Waals surface area contributed by atoms with Crippen LogP contribution >= 0.6 is 34.4 Å². The van der Waals surface area contributed by atoms with Crippen LogP contribution in [0.4, 0.5) is 5.69 Å². The number of carbonyl (C=O) groups excluding carboxylic acids is 2. The molecule has 1 aromatic heterocycles. The Morgan fingerprint density at radius 2 is 1.78 bits per heavy atom. The molecule has 2 aromatic carbocycles. The summed E-state index contributed by atoms with van der Waals surface area (Å²) in [5, 5.41) is 15.0. The second-order valence-corrected chi connectivity index (χ2v) is 11.3. The molecule has 1 heterocycles. The van der Waals surface area contributed by atoms with Crippen LogP contribution in [0.5, 0.6) is 5.75 Å². The highest BCUT2D eigenvalue weighted by Gasteiger charge is 2.16. The van der Waals surface area contributed by atoms with Crippen LogP contribution in [-0.4, -0.2) is 38.9 Å². The van der Waals surface area contributed by atoms with Gasteiger partial charge in [-0.05, 0) is 96.7 Å². The summed E-state index contributed by atoms with van der Waals surface area (Å²) < 4.78 is 8.86. The lowest BCUT2D eigenvalue weighted by atomic mass is 10.0. The molecule has 3 rings (SSSR count). The summed E-state index contributed by atoms with van der Waals surface area (Å²) in [6.45, 7) is 12.9. The Morgan fingerprint density at radius 1 is 1.08 bits per heavy atom. The number of anilines is 1. The molecule has 198 valence electrons. The molecule has 0 spiro atoms. The highest BCUT2D eigenvalue weighted by molar-refractivity contribution is 14.1. The maximum atomic E-state index is 12.6. The summed E-state index contributed by atoms with van der Waals surface area (Å²) in [4.78, 5) is 25.1. The second kappa shape index (κ2) is 13.3. The Bertz CT molecular complexity index is 1250. The summed E-state index contributed by atoms with van der Waals surface area (Å²) in [5.74, 6) is 1.52. The minimum Gasteiger partial charge on any atom is -0.483 e. The molecule has 0 saturated carbocycles. The van der Waals surface area contributed by atoms with E-state index in [-0.39, 0.29) is 30.7 Å². The van der Waals surface area contributed by atoms with Gasteiger partial charge in [-0.3, -0.25) is 9.59 Å². The number of hydrogen-bond donors (Lipinski definition) is 2. The van der Waals surface area contributed by atoms with Crippen molar-refractivity contribution < 1.29 is 14.3 Å². The maximum Gasteiger partial charge on any atom is 0.258 e. The monoisotopic (exact) mass is 635 g/mol. The van der Waals surface area contributed by atoms with Gasteiger partial charge in [0.1, 0.15) is 5.75 Å². The summed E-state index contributed by atoms with van der Waals surface area (Å²) >= 11 is 3.59. The van der Waals surface area contributed by atoms with Crippen molar-refractivity contribution in [2.24, 2.45) is 0 Å². The van der Waals surface area contributed by atoms with E-state index in [9.17, 15) is 9.59 Å². The molecular weight excluding hydrogens is 601 g/mol. The Morgan fingerprint density at radius 3 is 2.43 bits per heavy atom. The standard InChI is InChI=1S/C27H34IN5O3S/c1-7-33-23(13-29-24(34)14-36-22-10-17(4)8-9-21(22)16(2)3)31-32-27(33)37-15-25(35)30-26-18(5)11-20(28)12-19(26)6/h8-12,16H,7,13-15H2,1-6H3,(H,29,34)(H,30,35). The molecule has 0 aliphatic heterocycles. The first-order chi connectivity index (χ1) is 17.6. The van der Waals surface area contributed by atoms with Crippen LogP contribution in [0.2, 0.25) is 0 Å². The van der Waals surface area contributed by atoms with Gasteiger partial charge in [0.15, 0.2) is 17.6 Å². The van der Waals surface area contributed by atoms with Crippen molar-refractivity contribution in [3.8, 4) is 5.75 Å². The Balaban J connectivity index is 1.54. The highest BCUT2D eigenvalue weighted by Crippen LogP contribution is 2.27. The van der Waals surface area contributed by atoms with Gasteiger partial charge in [-0.15, -0.1) is 10.2 Å². The van der Waals surface area contributed by atoms with Crippen LogP contribution < -0.4 is 15.4 Å². The number of aromatic nitrogens is 3.